The first-order valence-corrected chi connectivity index (χ1v) is 5.32. The molecular formula is C9H14ClOP. The highest BCUT2D eigenvalue weighted by Gasteiger charge is 1.96. The van der Waals surface area contributed by atoms with Crippen molar-refractivity contribution in [1.29, 1.82) is 0 Å². The van der Waals surface area contributed by atoms with E-state index in [9.17, 15) is 0 Å². The normalized spacial score (nSPS) is 10.1. The van der Waals surface area contributed by atoms with Crippen LogP contribution in [0.3, 0.4) is 0 Å². The number of halogens is 1. The maximum atomic E-state index is 8.56. The first-order chi connectivity index (χ1) is 5.43. The monoisotopic (exact) mass is 204 g/mol. The zero-order valence-electron chi connectivity index (χ0n) is 6.91. The van der Waals surface area contributed by atoms with Crippen LogP contribution in [0.5, 0.6) is 0 Å². The van der Waals surface area contributed by atoms with Gasteiger partial charge in [-0.2, -0.15) is 0 Å². The average molecular weight is 205 g/mol. The van der Waals surface area contributed by atoms with E-state index >= 15 is 0 Å². The highest BCUT2D eigenvalue weighted by molar-refractivity contribution is 7.47. The Bertz CT molecular complexity index is 191. The van der Waals surface area contributed by atoms with Crippen molar-refractivity contribution in [2.45, 2.75) is 6.42 Å². The van der Waals surface area contributed by atoms with Gasteiger partial charge in [-0.05, 0) is 12.1 Å². The fourth-order valence-corrected chi connectivity index (χ4v) is 2.16. The molecule has 1 aromatic carbocycles. The van der Waals surface area contributed by atoms with Crippen LogP contribution in [0.4, 0.5) is 0 Å². The Labute approximate surface area is 81.4 Å². The number of rotatable bonds is 4. The summed E-state index contributed by atoms with van der Waals surface area (Å²) in [6.45, 7) is 0.333. The SMILES string of the molecule is OCCC[PH2+]c1ccccc1.[Cl-]. The van der Waals surface area contributed by atoms with Crippen LogP contribution in [0, 0.1) is 0 Å². The minimum atomic E-state index is 0. The van der Waals surface area contributed by atoms with Crippen molar-refractivity contribution in [1.82, 2.24) is 0 Å². The van der Waals surface area contributed by atoms with Gasteiger partial charge in [-0.1, -0.05) is 18.2 Å². The second-order valence-corrected chi connectivity index (χ2v) is 4.13. The molecule has 0 saturated carbocycles. The lowest BCUT2D eigenvalue weighted by molar-refractivity contribution is -0.00000326. The first kappa shape index (κ1) is 11.9. The fourth-order valence-electron chi connectivity index (χ4n) is 0.949. The van der Waals surface area contributed by atoms with Crippen molar-refractivity contribution in [2.24, 2.45) is 0 Å². The molecule has 1 aromatic rings. The van der Waals surface area contributed by atoms with Crippen molar-refractivity contribution < 1.29 is 17.5 Å². The highest BCUT2D eigenvalue weighted by Crippen LogP contribution is 2.09. The third-order valence-electron chi connectivity index (χ3n) is 1.54. The van der Waals surface area contributed by atoms with Gasteiger partial charge in [-0.3, -0.25) is 0 Å². The Morgan fingerprint density at radius 1 is 1.17 bits per heavy atom. The molecule has 0 fully saturated rings. The molecule has 1 N–H and O–H groups in total. The van der Waals surface area contributed by atoms with Crippen molar-refractivity contribution in [3.63, 3.8) is 0 Å². The van der Waals surface area contributed by atoms with Crippen LogP contribution in [-0.2, 0) is 0 Å². The largest absolute Gasteiger partial charge is 1.00 e. The molecule has 3 heteroatoms. The smallest absolute Gasteiger partial charge is 0.0889 e. The van der Waals surface area contributed by atoms with E-state index in [-0.39, 0.29) is 12.4 Å². The first-order valence-electron chi connectivity index (χ1n) is 3.92. The third-order valence-corrected chi connectivity index (χ3v) is 3.10. The van der Waals surface area contributed by atoms with Gasteiger partial charge in [0.25, 0.3) is 0 Å². The lowest BCUT2D eigenvalue weighted by atomic mass is 10.4. The van der Waals surface area contributed by atoms with Gasteiger partial charge in [-0.15, -0.1) is 0 Å². The zero-order valence-corrected chi connectivity index (χ0v) is 8.82. The van der Waals surface area contributed by atoms with Crippen LogP contribution in [0.1, 0.15) is 6.42 Å². The quantitative estimate of drug-likeness (QED) is 0.449. The summed E-state index contributed by atoms with van der Waals surface area (Å²) in [6.07, 6.45) is 2.12. The van der Waals surface area contributed by atoms with Crippen molar-refractivity contribution in [2.75, 3.05) is 12.8 Å². The minimum Gasteiger partial charge on any atom is -1.00 e. The van der Waals surface area contributed by atoms with Crippen molar-refractivity contribution in [3.05, 3.63) is 30.3 Å². The maximum absolute atomic E-state index is 8.56. The van der Waals surface area contributed by atoms with E-state index in [4.69, 9.17) is 5.11 Å². The fraction of sp³-hybridized carbons (Fsp3) is 0.333. The summed E-state index contributed by atoms with van der Waals surface area (Å²) >= 11 is 0. The highest BCUT2D eigenvalue weighted by atomic mass is 35.5. The molecule has 1 nitrogen and oxygen atoms in total. The Balaban J connectivity index is 0.00000121. The molecule has 1 rings (SSSR count). The summed E-state index contributed by atoms with van der Waals surface area (Å²) < 4.78 is 0. The average Bonchev–Trinajstić information content (AvgIpc) is 2.07. The Morgan fingerprint density at radius 3 is 2.42 bits per heavy atom. The second-order valence-electron chi connectivity index (χ2n) is 2.48. The summed E-state index contributed by atoms with van der Waals surface area (Å²) in [5.74, 6) is 0. The molecule has 0 heterocycles. The third kappa shape index (κ3) is 4.71. The van der Waals surface area contributed by atoms with E-state index in [2.05, 4.69) is 24.3 Å². The standard InChI is InChI=1S/C9H13OP.ClH/c10-7-4-8-11-9-5-2-1-3-6-9;/h1-3,5-6,10-11H,4,7-8H2;1H. The van der Waals surface area contributed by atoms with Gasteiger partial charge < -0.3 is 17.5 Å². The van der Waals surface area contributed by atoms with Gasteiger partial charge in [-0.25, -0.2) is 0 Å². The Kier molecular flexibility index (Phi) is 7.48. The summed E-state index contributed by atoms with van der Waals surface area (Å²) in [4.78, 5) is 0. The molecule has 0 amide bonds. The topological polar surface area (TPSA) is 20.2 Å². The summed E-state index contributed by atoms with van der Waals surface area (Å²) in [5.41, 5.74) is 0. The Hall–Kier alpha value is -0.100. The molecule has 0 aliphatic carbocycles. The maximum Gasteiger partial charge on any atom is 0.0889 e. The van der Waals surface area contributed by atoms with Crippen molar-refractivity contribution >= 4 is 13.9 Å². The molecule has 68 valence electrons. The van der Waals surface area contributed by atoms with Crippen LogP contribution in [-0.4, -0.2) is 17.9 Å². The molecule has 1 atom stereocenters. The van der Waals surface area contributed by atoms with Crippen molar-refractivity contribution in [3.8, 4) is 0 Å². The summed E-state index contributed by atoms with van der Waals surface area (Å²) in [6, 6.07) is 10.5. The van der Waals surface area contributed by atoms with Gasteiger partial charge in [0.05, 0.1) is 11.5 Å². The molecule has 0 aliphatic heterocycles. The predicted octanol–water partition coefficient (Wildman–Crippen LogP) is -1.89. The number of benzene rings is 1. The van der Waals surface area contributed by atoms with Crippen LogP contribution in [0.15, 0.2) is 30.3 Å². The molecule has 0 aliphatic rings. The van der Waals surface area contributed by atoms with Crippen LogP contribution in [0.2, 0.25) is 0 Å². The zero-order chi connectivity index (χ0) is 7.94. The number of aliphatic hydroxyl groups excluding tert-OH is 1. The van der Waals surface area contributed by atoms with Gasteiger partial charge in [0.1, 0.15) is 0 Å². The second kappa shape index (κ2) is 7.54. The van der Waals surface area contributed by atoms with E-state index in [0.717, 1.165) is 6.42 Å². The van der Waals surface area contributed by atoms with Gasteiger partial charge >= 0.3 is 0 Å². The molecule has 0 radical (unpaired) electrons. The van der Waals surface area contributed by atoms with Crippen LogP contribution in [0.25, 0.3) is 0 Å². The number of hydrogen-bond donors (Lipinski definition) is 1. The molecule has 0 saturated heterocycles. The lowest BCUT2D eigenvalue weighted by Crippen LogP contribution is -3.00. The number of hydrogen-bond acceptors (Lipinski definition) is 1. The van der Waals surface area contributed by atoms with E-state index in [1.165, 1.54) is 11.5 Å². The predicted molar refractivity (Wildman–Crippen MR) is 52.4 cm³/mol. The van der Waals surface area contributed by atoms with Crippen LogP contribution < -0.4 is 17.7 Å². The van der Waals surface area contributed by atoms with Crippen LogP contribution >= 0.6 is 8.58 Å². The van der Waals surface area contributed by atoms with E-state index in [1.807, 2.05) is 6.07 Å². The van der Waals surface area contributed by atoms with Gasteiger partial charge in [0.15, 0.2) is 0 Å². The van der Waals surface area contributed by atoms with Gasteiger partial charge in [0, 0.05) is 21.6 Å². The summed E-state index contributed by atoms with van der Waals surface area (Å²) in [7, 11) is 0.384. The molecule has 0 aromatic heterocycles. The molecule has 12 heavy (non-hydrogen) atoms. The molecule has 1 unspecified atom stereocenters. The van der Waals surface area contributed by atoms with Gasteiger partial charge in [0.2, 0.25) is 0 Å². The molecular weight excluding hydrogens is 191 g/mol. The summed E-state index contributed by atoms with van der Waals surface area (Å²) in [5, 5.41) is 10.0. The molecule has 0 bridgehead atoms. The van der Waals surface area contributed by atoms with E-state index < -0.39 is 0 Å². The van der Waals surface area contributed by atoms with E-state index in [0.29, 0.717) is 15.2 Å². The van der Waals surface area contributed by atoms with E-state index in [1.54, 1.807) is 0 Å². The minimum absolute atomic E-state index is 0. The lowest BCUT2D eigenvalue weighted by Gasteiger charge is -1.91. The number of aliphatic hydroxyl groups is 1. The molecule has 0 spiro atoms. The Morgan fingerprint density at radius 2 is 1.83 bits per heavy atom.